The molecular formula is C13H18N2O2. The normalized spacial score (nSPS) is 26.9. The average Bonchev–Trinajstić information content (AvgIpc) is 2.71. The summed E-state index contributed by atoms with van der Waals surface area (Å²) in [6, 6.07) is 5.44. The monoisotopic (exact) mass is 234 g/mol. The number of likely N-dealkylation sites (tertiary alicyclic amines) is 1. The van der Waals surface area contributed by atoms with Gasteiger partial charge >= 0.3 is 5.97 Å². The summed E-state index contributed by atoms with van der Waals surface area (Å²) < 4.78 is 0. The van der Waals surface area contributed by atoms with Crippen LogP contribution in [-0.2, 0) is 4.79 Å². The van der Waals surface area contributed by atoms with Gasteiger partial charge < -0.3 is 5.11 Å². The Hall–Kier alpha value is -1.42. The molecule has 0 radical (unpaired) electrons. The molecule has 4 nitrogen and oxygen atoms in total. The standard InChI is InChI=1S/C13H18N2O2/c1-9-6-8-15(12(9)13(16)17)10(2)11-5-3-4-7-14-11/h3-5,7,9-10,12H,6,8H2,1-2H3,(H,16,17). The van der Waals surface area contributed by atoms with Gasteiger partial charge in [-0.05, 0) is 37.9 Å². The van der Waals surface area contributed by atoms with E-state index in [4.69, 9.17) is 0 Å². The Balaban J connectivity index is 2.20. The molecule has 1 aliphatic heterocycles. The summed E-state index contributed by atoms with van der Waals surface area (Å²) in [5, 5.41) is 9.29. The molecule has 2 heterocycles. The number of nitrogens with zero attached hydrogens (tertiary/aromatic N) is 2. The van der Waals surface area contributed by atoms with E-state index < -0.39 is 5.97 Å². The zero-order valence-corrected chi connectivity index (χ0v) is 10.2. The number of hydrogen-bond donors (Lipinski definition) is 1. The van der Waals surface area contributed by atoms with Crippen LogP contribution in [0.4, 0.5) is 0 Å². The Morgan fingerprint density at radius 2 is 2.35 bits per heavy atom. The second-order valence-corrected chi connectivity index (χ2v) is 4.72. The molecule has 92 valence electrons. The highest BCUT2D eigenvalue weighted by molar-refractivity contribution is 5.74. The summed E-state index contributed by atoms with van der Waals surface area (Å²) in [4.78, 5) is 17.6. The third-order valence-corrected chi connectivity index (χ3v) is 3.61. The molecular weight excluding hydrogens is 216 g/mol. The second kappa shape index (κ2) is 4.84. The fraction of sp³-hybridized carbons (Fsp3) is 0.538. The highest BCUT2D eigenvalue weighted by atomic mass is 16.4. The van der Waals surface area contributed by atoms with E-state index in [9.17, 15) is 9.90 Å². The lowest BCUT2D eigenvalue weighted by Gasteiger charge is -2.29. The third kappa shape index (κ3) is 2.31. The first-order valence-corrected chi connectivity index (χ1v) is 6.00. The molecule has 2 rings (SSSR count). The van der Waals surface area contributed by atoms with Crippen molar-refractivity contribution in [2.24, 2.45) is 5.92 Å². The number of carboxylic acids is 1. The number of carboxylic acid groups (broad SMARTS) is 1. The molecule has 4 heteroatoms. The predicted octanol–water partition coefficient (Wildman–Crippen LogP) is 1.94. The van der Waals surface area contributed by atoms with Gasteiger partial charge in [-0.2, -0.15) is 0 Å². The van der Waals surface area contributed by atoms with Crippen LogP contribution in [0.2, 0.25) is 0 Å². The second-order valence-electron chi connectivity index (χ2n) is 4.72. The highest BCUT2D eigenvalue weighted by Gasteiger charge is 2.39. The maximum atomic E-state index is 11.3. The Morgan fingerprint density at radius 1 is 1.59 bits per heavy atom. The van der Waals surface area contributed by atoms with Crippen molar-refractivity contribution in [2.45, 2.75) is 32.4 Å². The fourth-order valence-electron chi connectivity index (χ4n) is 2.59. The number of aromatic nitrogens is 1. The van der Waals surface area contributed by atoms with Gasteiger partial charge in [-0.3, -0.25) is 14.7 Å². The summed E-state index contributed by atoms with van der Waals surface area (Å²) in [6.07, 6.45) is 2.69. The van der Waals surface area contributed by atoms with Gasteiger partial charge in [0.1, 0.15) is 6.04 Å². The Bertz CT molecular complexity index is 394. The Labute approximate surface area is 101 Å². The largest absolute Gasteiger partial charge is 0.480 e. The fourth-order valence-corrected chi connectivity index (χ4v) is 2.59. The average molecular weight is 234 g/mol. The molecule has 1 saturated heterocycles. The maximum absolute atomic E-state index is 11.3. The van der Waals surface area contributed by atoms with Crippen molar-refractivity contribution in [3.8, 4) is 0 Å². The van der Waals surface area contributed by atoms with E-state index in [1.165, 1.54) is 0 Å². The number of aliphatic carboxylic acids is 1. The van der Waals surface area contributed by atoms with Crippen molar-refractivity contribution in [1.29, 1.82) is 0 Å². The van der Waals surface area contributed by atoms with Crippen LogP contribution < -0.4 is 0 Å². The van der Waals surface area contributed by atoms with E-state index in [1.54, 1.807) is 6.20 Å². The van der Waals surface area contributed by atoms with E-state index in [1.807, 2.05) is 36.9 Å². The van der Waals surface area contributed by atoms with Crippen LogP contribution in [0, 0.1) is 5.92 Å². The highest BCUT2D eigenvalue weighted by Crippen LogP contribution is 2.31. The van der Waals surface area contributed by atoms with Crippen molar-refractivity contribution < 1.29 is 9.90 Å². The van der Waals surface area contributed by atoms with Crippen molar-refractivity contribution in [3.63, 3.8) is 0 Å². The first kappa shape index (κ1) is 12.0. The van der Waals surface area contributed by atoms with Gasteiger partial charge in [0.05, 0.1) is 11.7 Å². The van der Waals surface area contributed by atoms with Crippen LogP contribution in [-0.4, -0.2) is 33.5 Å². The summed E-state index contributed by atoms with van der Waals surface area (Å²) >= 11 is 0. The van der Waals surface area contributed by atoms with E-state index in [2.05, 4.69) is 4.98 Å². The summed E-state index contributed by atoms with van der Waals surface area (Å²) in [5.74, 6) is -0.517. The minimum absolute atomic E-state index is 0.0576. The molecule has 0 aromatic carbocycles. The number of rotatable bonds is 3. The van der Waals surface area contributed by atoms with Gasteiger partial charge in [0.15, 0.2) is 0 Å². The lowest BCUT2D eigenvalue weighted by molar-refractivity contribution is -0.144. The molecule has 3 unspecified atom stereocenters. The van der Waals surface area contributed by atoms with E-state index in [-0.39, 0.29) is 18.0 Å². The van der Waals surface area contributed by atoms with Crippen molar-refractivity contribution >= 4 is 5.97 Å². The predicted molar refractivity (Wildman–Crippen MR) is 64.6 cm³/mol. The smallest absolute Gasteiger partial charge is 0.321 e. The van der Waals surface area contributed by atoms with Gasteiger partial charge in [-0.25, -0.2) is 0 Å². The summed E-state index contributed by atoms with van der Waals surface area (Å²) in [7, 11) is 0. The molecule has 1 fully saturated rings. The molecule has 0 bridgehead atoms. The van der Waals surface area contributed by atoms with Crippen molar-refractivity contribution in [1.82, 2.24) is 9.88 Å². The third-order valence-electron chi connectivity index (χ3n) is 3.61. The minimum Gasteiger partial charge on any atom is -0.480 e. The van der Waals surface area contributed by atoms with Crippen LogP contribution in [0.5, 0.6) is 0 Å². The molecule has 3 atom stereocenters. The van der Waals surface area contributed by atoms with E-state index in [0.29, 0.717) is 0 Å². The lowest BCUT2D eigenvalue weighted by atomic mass is 10.0. The zero-order chi connectivity index (χ0) is 12.4. The quantitative estimate of drug-likeness (QED) is 0.868. The van der Waals surface area contributed by atoms with Crippen LogP contribution in [0.15, 0.2) is 24.4 Å². The molecule has 1 N–H and O–H groups in total. The SMILES string of the molecule is CC1CCN(C(C)c2ccccn2)C1C(=O)O. The van der Waals surface area contributed by atoms with Crippen LogP contribution >= 0.6 is 0 Å². The Kier molecular flexibility index (Phi) is 3.43. The van der Waals surface area contributed by atoms with Gasteiger partial charge in [-0.1, -0.05) is 13.0 Å². The molecule has 0 saturated carbocycles. The van der Waals surface area contributed by atoms with Gasteiger partial charge in [0.2, 0.25) is 0 Å². The van der Waals surface area contributed by atoms with Gasteiger partial charge in [-0.15, -0.1) is 0 Å². The summed E-state index contributed by atoms with van der Waals surface area (Å²) in [5.41, 5.74) is 0.938. The van der Waals surface area contributed by atoms with Crippen LogP contribution in [0.3, 0.4) is 0 Å². The van der Waals surface area contributed by atoms with Gasteiger partial charge in [0, 0.05) is 6.20 Å². The van der Waals surface area contributed by atoms with Crippen LogP contribution in [0.25, 0.3) is 0 Å². The topological polar surface area (TPSA) is 53.4 Å². The first-order chi connectivity index (χ1) is 8.11. The van der Waals surface area contributed by atoms with Crippen molar-refractivity contribution in [3.05, 3.63) is 30.1 Å². The molecule has 0 aliphatic carbocycles. The van der Waals surface area contributed by atoms with E-state index >= 15 is 0 Å². The first-order valence-electron chi connectivity index (χ1n) is 6.00. The molecule has 1 aromatic rings. The molecule has 1 aliphatic rings. The minimum atomic E-state index is -0.724. The van der Waals surface area contributed by atoms with Gasteiger partial charge in [0.25, 0.3) is 0 Å². The van der Waals surface area contributed by atoms with E-state index in [0.717, 1.165) is 18.7 Å². The lowest BCUT2D eigenvalue weighted by Crippen LogP contribution is -2.40. The molecule has 0 amide bonds. The molecule has 0 spiro atoms. The maximum Gasteiger partial charge on any atom is 0.321 e. The number of hydrogen-bond acceptors (Lipinski definition) is 3. The number of pyridine rings is 1. The zero-order valence-electron chi connectivity index (χ0n) is 10.2. The Morgan fingerprint density at radius 3 is 2.94 bits per heavy atom. The number of carbonyl (C=O) groups is 1. The molecule has 1 aromatic heterocycles. The molecule has 17 heavy (non-hydrogen) atoms. The van der Waals surface area contributed by atoms with Crippen LogP contribution in [0.1, 0.15) is 32.0 Å². The van der Waals surface area contributed by atoms with Crippen molar-refractivity contribution in [2.75, 3.05) is 6.54 Å². The summed E-state index contributed by atoms with van der Waals surface area (Å²) in [6.45, 7) is 4.86.